The first-order chi connectivity index (χ1) is 18.3. The summed E-state index contributed by atoms with van der Waals surface area (Å²) in [5, 5.41) is 11.5. The van der Waals surface area contributed by atoms with E-state index in [9.17, 15) is 4.79 Å². The van der Waals surface area contributed by atoms with E-state index < -0.39 is 0 Å². The third kappa shape index (κ3) is 5.87. The second kappa shape index (κ2) is 11.9. The van der Waals surface area contributed by atoms with Crippen molar-refractivity contribution in [2.24, 2.45) is 0 Å². The molecule has 10 heteroatoms. The number of nitrogens with zero attached hydrogens (tertiary/aromatic N) is 4. The Morgan fingerprint density at radius 1 is 1.08 bits per heavy atom. The fourth-order valence-electron chi connectivity index (χ4n) is 4.04. The Morgan fingerprint density at radius 3 is 2.58 bits per heavy atom. The molecule has 0 unspecified atom stereocenters. The van der Waals surface area contributed by atoms with Gasteiger partial charge in [0, 0.05) is 44.5 Å². The number of likely N-dealkylation sites (N-methyl/N-ethyl adjacent to an activating group) is 2. The molecule has 1 amide bonds. The first-order valence-corrected chi connectivity index (χ1v) is 13.0. The van der Waals surface area contributed by atoms with Crippen LogP contribution in [-0.4, -0.2) is 69.2 Å². The normalized spacial score (nSPS) is 10.9. The number of hydrogen-bond donors (Lipinski definition) is 3. The number of amides is 1. The van der Waals surface area contributed by atoms with Crippen molar-refractivity contribution >= 4 is 56.2 Å². The number of methoxy groups -OCH3 is 1. The fraction of sp³-hybridized carbons (Fsp3) is 0.250. The standard InChI is InChI=1S/C28H33N7O2S/c1-7-25(36)30-21-16-22(24(37-6)17-23(21)35(5)14-13-34(3)4)32-28-31-20-12-15-38-27(20)26(33-28)18-10-8-9-11-19(18)29-2/h7-12,15-17,29H,1,13-14H2,2-6H3,(H,30,36)(H,31,32,33). The fourth-order valence-corrected chi connectivity index (χ4v) is 4.87. The number of carbonyl (C=O) groups is 1. The molecule has 4 rings (SSSR count). The summed E-state index contributed by atoms with van der Waals surface area (Å²) in [6.07, 6.45) is 1.25. The summed E-state index contributed by atoms with van der Waals surface area (Å²) >= 11 is 1.60. The van der Waals surface area contributed by atoms with Gasteiger partial charge >= 0.3 is 0 Å². The van der Waals surface area contributed by atoms with E-state index in [1.165, 1.54) is 6.08 Å². The molecule has 0 bridgehead atoms. The van der Waals surface area contributed by atoms with Crippen molar-refractivity contribution < 1.29 is 9.53 Å². The van der Waals surface area contributed by atoms with Crippen molar-refractivity contribution in [3.63, 3.8) is 0 Å². The second-order valence-electron chi connectivity index (χ2n) is 8.94. The molecule has 38 heavy (non-hydrogen) atoms. The minimum atomic E-state index is -0.301. The zero-order valence-electron chi connectivity index (χ0n) is 22.3. The van der Waals surface area contributed by atoms with E-state index in [4.69, 9.17) is 14.7 Å². The van der Waals surface area contributed by atoms with Gasteiger partial charge in [-0.2, -0.15) is 0 Å². The largest absolute Gasteiger partial charge is 0.494 e. The number of thiophene rings is 1. The van der Waals surface area contributed by atoms with Crippen LogP contribution in [0.2, 0.25) is 0 Å². The van der Waals surface area contributed by atoms with E-state index in [0.717, 1.165) is 45.9 Å². The van der Waals surface area contributed by atoms with Gasteiger partial charge in [0.05, 0.1) is 40.1 Å². The average Bonchev–Trinajstić information content (AvgIpc) is 3.40. The van der Waals surface area contributed by atoms with Crippen molar-refractivity contribution in [1.29, 1.82) is 0 Å². The molecular formula is C28H33N7O2S. The predicted molar refractivity (Wildman–Crippen MR) is 159 cm³/mol. The molecule has 4 aromatic rings. The molecule has 3 N–H and O–H groups in total. The number of benzene rings is 2. The third-order valence-corrected chi connectivity index (χ3v) is 6.97. The average molecular weight is 532 g/mol. The summed E-state index contributed by atoms with van der Waals surface area (Å²) < 4.78 is 6.75. The van der Waals surface area contributed by atoms with Crippen molar-refractivity contribution in [2.75, 3.05) is 69.2 Å². The van der Waals surface area contributed by atoms with Crippen LogP contribution in [0.4, 0.5) is 28.7 Å². The number of aromatic nitrogens is 2. The van der Waals surface area contributed by atoms with Crippen LogP contribution >= 0.6 is 11.3 Å². The van der Waals surface area contributed by atoms with E-state index >= 15 is 0 Å². The highest BCUT2D eigenvalue weighted by molar-refractivity contribution is 7.17. The van der Waals surface area contributed by atoms with Crippen LogP contribution in [0.15, 0.2) is 60.5 Å². The topological polar surface area (TPSA) is 94.6 Å². The molecule has 0 aliphatic rings. The number of carbonyl (C=O) groups excluding carboxylic acids is 1. The van der Waals surface area contributed by atoms with Crippen LogP contribution in [0.1, 0.15) is 0 Å². The lowest BCUT2D eigenvalue weighted by atomic mass is 10.1. The molecule has 0 radical (unpaired) electrons. The third-order valence-electron chi connectivity index (χ3n) is 6.06. The van der Waals surface area contributed by atoms with E-state index in [1.807, 2.05) is 76.0 Å². The predicted octanol–water partition coefficient (Wildman–Crippen LogP) is 5.27. The van der Waals surface area contributed by atoms with Crippen LogP contribution in [0.25, 0.3) is 21.5 Å². The Morgan fingerprint density at radius 2 is 1.87 bits per heavy atom. The highest BCUT2D eigenvalue weighted by Gasteiger charge is 2.18. The number of rotatable bonds is 11. The maximum atomic E-state index is 12.3. The van der Waals surface area contributed by atoms with Crippen LogP contribution in [-0.2, 0) is 4.79 Å². The Bertz CT molecular complexity index is 1450. The summed E-state index contributed by atoms with van der Waals surface area (Å²) in [4.78, 5) is 26.1. The Hall–Kier alpha value is -4.15. The molecule has 0 spiro atoms. The molecule has 0 fully saturated rings. The smallest absolute Gasteiger partial charge is 0.247 e. The minimum absolute atomic E-state index is 0.301. The number of hydrogen-bond acceptors (Lipinski definition) is 9. The van der Waals surface area contributed by atoms with Gasteiger partial charge in [-0.15, -0.1) is 11.3 Å². The zero-order chi connectivity index (χ0) is 27.2. The molecule has 0 saturated carbocycles. The molecule has 0 atom stereocenters. The molecular weight excluding hydrogens is 498 g/mol. The van der Waals surface area contributed by atoms with E-state index in [-0.39, 0.29) is 5.91 Å². The number of ether oxygens (including phenoxy) is 1. The number of fused-ring (bicyclic) bond motifs is 1. The molecule has 0 aliphatic heterocycles. The van der Waals surface area contributed by atoms with Gasteiger partial charge in [-0.25, -0.2) is 9.97 Å². The van der Waals surface area contributed by atoms with E-state index in [0.29, 0.717) is 23.1 Å². The van der Waals surface area contributed by atoms with Gasteiger partial charge < -0.3 is 30.5 Å². The van der Waals surface area contributed by atoms with Crippen LogP contribution in [0.3, 0.4) is 0 Å². The van der Waals surface area contributed by atoms with Crippen molar-refractivity contribution in [2.45, 2.75) is 0 Å². The van der Waals surface area contributed by atoms with Gasteiger partial charge in [0.25, 0.3) is 0 Å². The molecule has 0 saturated heterocycles. The maximum Gasteiger partial charge on any atom is 0.247 e. The monoisotopic (exact) mass is 531 g/mol. The molecule has 9 nitrogen and oxygen atoms in total. The molecule has 198 valence electrons. The minimum Gasteiger partial charge on any atom is -0.494 e. The first kappa shape index (κ1) is 26.9. The number of para-hydroxylation sites is 1. The van der Waals surface area contributed by atoms with Crippen LogP contribution < -0.4 is 25.6 Å². The van der Waals surface area contributed by atoms with Gasteiger partial charge in [-0.1, -0.05) is 24.8 Å². The lowest BCUT2D eigenvalue weighted by Gasteiger charge is -2.26. The summed E-state index contributed by atoms with van der Waals surface area (Å²) in [5.74, 6) is 0.717. The number of nitrogens with one attached hydrogen (secondary N) is 3. The van der Waals surface area contributed by atoms with E-state index in [2.05, 4.69) is 32.3 Å². The van der Waals surface area contributed by atoms with Gasteiger partial charge in [0.2, 0.25) is 11.9 Å². The quantitative estimate of drug-likeness (QED) is 0.225. The first-order valence-electron chi connectivity index (χ1n) is 12.1. The van der Waals surface area contributed by atoms with Gasteiger partial charge in [-0.05, 0) is 43.8 Å². The summed E-state index contributed by atoms with van der Waals surface area (Å²) in [7, 11) is 9.54. The van der Waals surface area contributed by atoms with Crippen LogP contribution in [0, 0.1) is 0 Å². The van der Waals surface area contributed by atoms with Gasteiger partial charge in [0.15, 0.2) is 0 Å². The molecule has 2 heterocycles. The van der Waals surface area contributed by atoms with Crippen molar-refractivity contribution in [3.05, 3.63) is 60.5 Å². The molecule has 0 aliphatic carbocycles. The highest BCUT2D eigenvalue weighted by atomic mass is 32.1. The summed E-state index contributed by atoms with van der Waals surface area (Å²) in [6, 6.07) is 13.8. The highest BCUT2D eigenvalue weighted by Crippen LogP contribution is 2.39. The summed E-state index contributed by atoms with van der Waals surface area (Å²) in [5.41, 5.74) is 5.70. The maximum absolute atomic E-state index is 12.3. The Balaban J connectivity index is 1.79. The van der Waals surface area contributed by atoms with Crippen LogP contribution in [0.5, 0.6) is 5.75 Å². The lowest BCUT2D eigenvalue weighted by molar-refractivity contribution is -0.111. The molecule has 2 aromatic heterocycles. The summed E-state index contributed by atoms with van der Waals surface area (Å²) in [6.45, 7) is 5.20. The van der Waals surface area contributed by atoms with E-state index in [1.54, 1.807) is 18.4 Å². The van der Waals surface area contributed by atoms with Gasteiger partial charge in [0.1, 0.15) is 5.75 Å². The van der Waals surface area contributed by atoms with Crippen molar-refractivity contribution in [1.82, 2.24) is 14.9 Å². The second-order valence-corrected chi connectivity index (χ2v) is 9.86. The molecule has 2 aromatic carbocycles. The van der Waals surface area contributed by atoms with Gasteiger partial charge in [-0.3, -0.25) is 4.79 Å². The Kier molecular flexibility index (Phi) is 8.45. The lowest BCUT2D eigenvalue weighted by Crippen LogP contribution is -2.29. The van der Waals surface area contributed by atoms with Crippen molar-refractivity contribution in [3.8, 4) is 17.0 Å². The SMILES string of the molecule is C=CC(=O)Nc1cc(Nc2nc(-c3ccccc3NC)c3sccc3n2)c(OC)cc1N(C)CCN(C)C. The zero-order valence-corrected chi connectivity index (χ0v) is 23.1. The number of anilines is 5. The Labute approximate surface area is 227 Å².